The number of rotatable bonds is 3. The zero-order valence-corrected chi connectivity index (χ0v) is 6.99. The number of aromatic nitrogens is 2. The molecule has 0 saturated carbocycles. The zero-order chi connectivity index (χ0) is 8.10. The second-order valence-corrected chi connectivity index (χ2v) is 2.22. The predicted octanol–water partition coefficient (Wildman–Crippen LogP) is 1.32. The molecule has 0 N–H and O–H groups in total. The molecule has 0 amide bonds. The van der Waals surface area contributed by atoms with Crippen molar-refractivity contribution in [1.82, 2.24) is 9.97 Å². The first-order chi connectivity index (χ1) is 5.38. The summed E-state index contributed by atoms with van der Waals surface area (Å²) in [5, 5.41) is 0. The number of nitrogens with zero attached hydrogens (tertiary/aromatic N) is 3. The van der Waals surface area contributed by atoms with Gasteiger partial charge in [0.2, 0.25) is 5.95 Å². The molecule has 1 rings (SSSR count). The third-order valence-electron chi connectivity index (χ3n) is 1.60. The van der Waals surface area contributed by atoms with Crippen molar-refractivity contribution >= 4 is 5.95 Å². The highest BCUT2D eigenvalue weighted by molar-refractivity contribution is 5.26. The molecule has 0 radical (unpaired) electrons. The van der Waals surface area contributed by atoms with E-state index in [-0.39, 0.29) is 0 Å². The number of hydrogen-bond acceptors (Lipinski definition) is 3. The smallest absolute Gasteiger partial charge is 0.225 e. The van der Waals surface area contributed by atoms with Crippen LogP contribution < -0.4 is 4.90 Å². The molecular formula is C8H13N3. The maximum absolute atomic E-state index is 4.14. The molecule has 0 saturated heterocycles. The molecule has 0 fully saturated rings. The van der Waals surface area contributed by atoms with Crippen LogP contribution in [0.25, 0.3) is 0 Å². The van der Waals surface area contributed by atoms with Gasteiger partial charge in [-0.05, 0) is 19.9 Å². The minimum absolute atomic E-state index is 0.817. The molecule has 3 nitrogen and oxygen atoms in total. The van der Waals surface area contributed by atoms with Gasteiger partial charge in [-0.2, -0.15) is 0 Å². The van der Waals surface area contributed by atoms with E-state index >= 15 is 0 Å². The van der Waals surface area contributed by atoms with Crippen LogP contribution in [-0.4, -0.2) is 23.1 Å². The van der Waals surface area contributed by atoms with Crippen molar-refractivity contribution in [2.24, 2.45) is 0 Å². The van der Waals surface area contributed by atoms with Crippen molar-refractivity contribution in [3.63, 3.8) is 0 Å². The maximum atomic E-state index is 4.14. The van der Waals surface area contributed by atoms with Gasteiger partial charge in [-0.15, -0.1) is 0 Å². The highest BCUT2D eigenvalue weighted by Crippen LogP contribution is 2.02. The summed E-state index contributed by atoms with van der Waals surface area (Å²) in [5.41, 5.74) is 0. The quantitative estimate of drug-likeness (QED) is 0.652. The molecule has 0 bridgehead atoms. The standard InChI is InChI=1S/C8H13N3/c1-3-11(4-2)8-9-6-5-7-10-8/h5-7H,3-4H2,1-2H3. The van der Waals surface area contributed by atoms with Crippen LogP contribution in [0.15, 0.2) is 18.5 Å². The average molecular weight is 151 g/mol. The Hall–Kier alpha value is -1.12. The molecule has 60 valence electrons. The third-order valence-corrected chi connectivity index (χ3v) is 1.60. The summed E-state index contributed by atoms with van der Waals surface area (Å²) in [7, 11) is 0. The highest BCUT2D eigenvalue weighted by atomic mass is 15.2. The summed E-state index contributed by atoms with van der Waals surface area (Å²) in [4.78, 5) is 10.4. The van der Waals surface area contributed by atoms with E-state index in [0.717, 1.165) is 19.0 Å². The lowest BCUT2D eigenvalue weighted by molar-refractivity contribution is 0.821. The van der Waals surface area contributed by atoms with Crippen LogP contribution in [0, 0.1) is 0 Å². The van der Waals surface area contributed by atoms with Crippen LogP contribution in [0.3, 0.4) is 0 Å². The largest absolute Gasteiger partial charge is 0.341 e. The van der Waals surface area contributed by atoms with Crippen LogP contribution in [0.1, 0.15) is 13.8 Å². The Morgan fingerprint density at radius 3 is 2.18 bits per heavy atom. The van der Waals surface area contributed by atoms with Gasteiger partial charge < -0.3 is 4.90 Å². The lowest BCUT2D eigenvalue weighted by Crippen LogP contribution is -2.23. The van der Waals surface area contributed by atoms with E-state index in [1.807, 2.05) is 6.07 Å². The van der Waals surface area contributed by atoms with Gasteiger partial charge in [0.05, 0.1) is 0 Å². The van der Waals surface area contributed by atoms with Crippen LogP contribution in [-0.2, 0) is 0 Å². The molecule has 0 aliphatic carbocycles. The van der Waals surface area contributed by atoms with Gasteiger partial charge in [-0.3, -0.25) is 0 Å². The summed E-state index contributed by atoms with van der Waals surface area (Å²) in [6.45, 7) is 6.11. The Bertz CT molecular complexity index is 194. The second-order valence-electron chi connectivity index (χ2n) is 2.22. The fraction of sp³-hybridized carbons (Fsp3) is 0.500. The summed E-state index contributed by atoms with van der Waals surface area (Å²) >= 11 is 0. The first-order valence-corrected chi connectivity index (χ1v) is 3.90. The zero-order valence-electron chi connectivity index (χ0n) is 6.99. The maximum Gasteiger partial charge on any atom is 0.225 e. The molecule has 1 heterocycles. The van der Waals surface area contributed by atoms with E-state index in [2.05, 4.69) is 28.7 Å². The van der Waals surface area contributed by atoms with Crippen LogP contribution in [0.4, 0.5) is 5.95 Å². The van der Waals surface area contributed by atoms with Crippen LogP contribution >= 0.6 is 0 Å². The molecule has 1 aromatic rings. The van der Waals surface area contributed by atoms with Gasteiger partial charge in [0.15, 0.2) is 0 Å². The topological polar surface area (TPSA) is 29.0 Å². The van der Waals surface area contributed by atoms with Crippen molar-refractivity contribution in [2.45, 2.75) is 13.8 Å². The molecule has 0 atom stereocenters. The number of anilines is 1. The lowest BCUT2D eigenvalue weighted by Gasteiger charge is -2.17. The SMILES string of the molecule is CCN(CC)c1ncccn1. The average Bonchev–Trinajstić information content (AvgIpc) is 2.09. The van der Waals surface area contributed by atoms with E-state index in [1.165, 1.54) is 0 Å². The molecule has 0 aliphatic heterocycles. The van der Waals surface area contributed by atoms with Crippen molar-refractivity contribution in [2.75, 3.05) is 18.0 Å². The summed E-state index contributed by atoms with van der Waals surface area (Å²) in [6, 6.07) is 1.83. The van der Waals surface area contributed by atoms with Crippen molar-refractivity contribution in [1.29, 1.82) is 0 Å². The minimum atomic E-state index is 0.817. The fourth-order valence-corrected chi connectivity index (χ4v) is 0.961. The van der Waals surface area contributed by atoms with Crippen molar-refractivity contribution < 1.29 is 0 Å². The molecule has 0 aliphatic rings. The minimum Gasteiger partial charge on any atom is -0.341 e. The lowest BCUT2D eigenvalue weighted by atomic mass is 10.5. The van der Waals surface area contributed by atoms with E-state index in [4.69, 9.17) is 0 Å². The highest BCUT2D eigenvalue weighted by Gasteiger charge is 2.01. The summed E-state index contributed by atoms with van der Waals surface area (Å²) in [5.74, 6) is 0.817. The Morgan fingerprint density at radius 1 is 1.18 bits per heavy atom. The van der Waals surface area contributed by atoms with Gasteiger partial charge >= 0.3 is 0 Å². The first-order valence-electron chi connectivity index (χ1n) is 3.90. The van der Waals surface area contributed by atoms with Gasteiger partial charge in [0, 0.05) is 25.5 Å². The fourth-order valence-electron chi connectivity index (χ4n) is 0.961. The van der Waals surface area contributed by atoms with Gasteiger partial charge in [-0.1, -0.05) is 0 Å². The normalized spacial score (nSPS) is 9.64. The summed E-state index contributed by atoms with van der Waals surface area (Å²) < 4.78 is 0. The third kappa shape index (κ3) is 1.90. The molecule has 3 heteroatoms. The van der Waals surface area contributed by atoms with E-state index in [0.29, 0.717) is 0 Å². The molecule has 0 aromatic carbocycles. The molecule has 0 spiro atoms. The Balaban J connectivity index is 2.74. The van der Waals surface area contributed by atoms with E-state index < -0.39 is 0 Å². The van der Waals surface area contributed by atoms with E-state index in [1.54, 1.807) is 12.4 Å². The summed E-state index contributed by atoms with van der Waals surface area (Å²) in [6.07, 6.45) is 3.53. The molecule has 1 aromatic heterocycles. The Kier molecular flexibility index (Phi) is 2.83. The van der Waals surface area contributed by atoms with Crippen molar-refractivity contribution in [3.05, 3.63) is 18.5 Å². The van der Waals surface area contributed by atoms with Crippen LogP contribution in [0.5, 0.6) is 0 Å². The number of hydrogen-bond donors (Lipinski definition) is 0. The monoisotopic (exact) mass is 151 g/mol. The van der Waals surface area contributed by atoms with Crippen LogP contribution in [0.2, 0.25) is 0 Å². The van der Waals surface area contributed by atoms with Gasteiger partial charge in [0.1, 0.15) is 0 Å². The van der Waals surface area contributed by atoms with E-state index in [9.17, 15) is 0 Å². The molecular weight excluding hydrogens is 138 g/mol. The first kappa shape index (κ1) is 7.98. The predicted molar refractivity (Wildman–Crippen MR) is 45.6 cm³/mol. The molecule has 11 heavy (non-hydrogen) atoms. The van der Waals surface area contributed by atoms with Gasteiger partial charge in [0.25, 0.3) is 0 Å². The Morgan fingerprint density at radius 2 is 1.73 bits per heavy atom. The molecule has 0 unspecified atom stereocenters. The second kappa shape index (κ2) is 3.91. The van der Waals surface area contributed by atoms with Crippen molar-refractivity contribution in [3.8, 4) is 0 Å². The van der Waals surface area contributed by atoms with Gasteiger partial charge in [-0.25, -0.2) is 9.97 Å². The Labute approximate surface area is 67.1 Å².